The van der Waals surface area contributed by atoms with Crippen molar-refractivity contribution in [2.45, 2.75) is 38.8 Å². The molecule has 1 heterocycles. The Labute approximate surface area is 121 Å². The van der Waals surface area contributed by atoms with Crippen LogP contribution >= 0.6 is 22.9 Å². The summed E-state index contributed by atoms with van der Waals surface area (Å²) >= 11 is 7.15. The second-order valence-corrected chi connectivity index (χ2v) is 5.87. The fourth-order valence-corrected chi connectivity index (χ4v) is 2.52. The van der Waals surface area contributed by atoms with E-state index in [0.717, 1.165) is 17.7 Å². The van der Waals surface area contributed by atoms with Crippen LogP contribution in [0, 0.1) is 0 Å². The molecule has 1 atom stereocenters. The number of aliphatic carboxylic acids is 1. The molecule has 0 aromatic carbocycles. The van der Waals surface area contributed by atoms with Gasteiger partial charge in [-0.05, 0) is 18.6 Å². The third kappa shape index (κ3) is 5.94. The molecule has 0 fully saturated rings. The molecule has 0 radical (unpaired) electrons. The van der Waals surface area contributed by atoms with Gasteiger partial charge in [-0.2, -0.15) is 0 Å². The van der Waals surface area contributed by atoms with Gasteiger partial charge in [0.1, 0.15) is 6.04 Å². The van der Waals surface area contributed by atoms with E-state index >= 15 is 0 Å². The van der Waals surface area contributed by atoms with Gasteiger partial charge in [0.25, 0.3) is 0 Å². The van der Waals surface area contributed by atoms with Crippen LogP contribution in [0.4, 0.5) is 4.79 Å². The lowest BCUT2D eigenvalue weighted by molar-refractivity contribution is -0.139. The number of carboxylic acids is 1. The van der Waals surface area contributed by atoms with Gasteiger partial charge in [-0.25, -0.2) is 9.59 Å². The molecule has 1 aromatic heterocycles. The van der Waals surface area contributed by atoms with Gasteiger partial charge in [0.05, 0.1) is 10.9 Å². The Morgan fingerprint density at radius 3 is 2.74 bits per heavy atom. The lowest BCUT2D eigenvalue weighted by Gasteiger charge is -2.14. The molecule has 3 N–H and O–H groups in total. The standard InChI is InChI=1S/C12H17ClN2O3S/c1-2-3-4-9(11(16)17)15-12(18)14-7-8-5-6-10(13)19-8/h5-6,9H,2-4,7H2,1H3,(H,16,17)(H2,14,15,18)/t9-/m0/s1. The first kappa shape index (κ1) is 15.8. The number of carboxylic acid groups (broad SMARTS) is 1. The SMILES string of the molecule is CCCC[C@H](NC(=O)NCc1ccc(Cl)s1)C(=O)O. The number of hydrogen-bond donors (Lipinski definition) is 3. The quantitative estimate of drug-likeness (QED) is 0.725. The highest BCUT2D eigenvalue weighted by molar-refractivity contribution is 7.16. The summed E-state index contributed by atoms with van der Waals surface area (Å²) in [5.41, 5.74) is 0. The maximum atomic E-state index is 11.6. The monoisotopic (exact) mass is 304 g/mol. The molecular formula is C12H17ClN2O3S. The van der Waals surface area contributed by atoms with E-state index in [2.05, 4.69) is 10.6 Å². The maximum Gasteiger partial charge on any atom is 0.326 e. The highest BCUT2D eigenvalue weighted by Crippen LogP contribution is 2.20. The van der Waals surface area contributed by atoms with E-state index in [9.17, 15) is 9.59 Å². The Kier molecular flexibility index (Phi) is 6.66. The molecule has 0 bridgehead atoms. The number of nitrogens with one attached hydrogen (secondary N) is 2. The first-order valence-electron chi connectivity index (χ1n) is 6.04. The molecule has 0 aliphatic rings. The second-order valence-electron chi connectivity index (χ2n) is 4.07. The van der Waals surface area contributed by atoms with Gasteiger partial charge in [-0.3, -0.25) is 0 Å². The minimum atomic E-state index is -1.01. The van der Waals surface area contributed by atoms with E-state index < -0.39 is 18.0 Å². The van der Waals surface area contributed by atoms with E-state index in [1.165, 1.54) is 11.3 Å². The summed E-state index contributed by atoms with van der Waals surface area (Å²) in [5, 5.41) is 14.0. The van der Waals surface area contributed by atoms with Crippen LogP contribution < -0.4 is 10.6 Å². The van der Waals surface area contributed by atoms with Crippen molar-refractivity contribution in [3.63, 3.8) is 0 Å². The van der Waals surface area contributed by atoms with E-state index in [-0.39, 0.29) is 0 Å². The summed E-state index contributed by atoms with van der Waals surface area (Å²) < 4.78 is 0.656. The van der Waals surface area contributed by atoms with Crippen LogP contribution in [0.15, 0.2) is 12.1 Å². The number of halogens is 1. The average Bonchev–Trinajstić information content (AvgIpc) is 2.77. The lowest BCUT2D eigenvalue weighted by Crippen LogP contribution is -2.45. The summed E-state index contributed by atoms with van der Waals surface area (Å²) in [4.78, 5) is 23.5. The molecular weight excluding hydrogens is 288 g/mol. The second kappa shape index (κ2) is 8.01. The van der Waals surface area contributed by atoms with Crippen LogP contribution in [0.1, 0.15) is 31.1 Å². The fourth-order valence-electron chi connectivity index (χ4n) is 1.49. The molecule has 2 amide bonds. The number of urea groups is 1. The molecule has 0 aliphatic carbocycles. The van der Waals surface area contributed by atoms with Gasteiger partial charge < -0.3 is 15.7 Å². The summed E-state index contributed by atoms with van der Waals surface area (Å²) in [6.07, 6.45) is 2.09. The van der Waals surface area contributed by atoms with Crippen molar-refractivity contribution >= 4 is 34.9 Å². The molecule has 19 heavy (non-hydrogen) atoms. The highest BCUT2D eigenvalue weighted by atomic mass is 35.5. The summed E-state index contributed by atoms with van der Waals surface area (Å²) in [5.74, 6) is -1.01. The van der Waals surface area contributed by atoms with Crippen LogP contribution in [-0.2, 0) is 11.3 Å². The van der Waals surface area contributed by atoms with Gasteiger partial charge in [-0.15, -0.1) is 11.3 Å². The fraction of sp³-hybridized carbons (Fsp3) is 0.500. The van der Waals surface area contributed by atoms with Crippen LogP contribution in [0.3, 0.4) is 0 Å². The summed E-state index contributed by atoms with van der Waals surface area (Å²) in [7, 11) is 0. The normalized spacial score (nSPS) is 11.9. The van der Waals surface area contributed by atoms with Crippen LogP contribution in [0.25, 0.3) is 0 Å². The highest BCUT2D eigenvalue weighted by Gasteiger charge is 2.18. The zero-order chi connectivity index (χ0) is 14.3. The van der Waals surface area contributed by atoms with Crippen molar-refractivity contribution in [2.75, 3.05) is 0 Å². The predicted molar refractivity (Wildman–Crippen MR) is 75.6 cm³/mol. The molecule has 0 unspecified atom stereocenters. The smallest absolute Gasteiger partial charge is 0.326 e. The number of carbonyl (C=O) groups is 2. The Morgan fingerprint density at radius 2 is 2.21 bits per heavy atom. The molecule has 0 spiro atoms. The van der Waals surface area contributed by atoms with E-state index in [1.807, 2.05) is 13.0 Å². The predicted octanol–water partition coefficient (Wildman–Crippen LogP) is 2.84. The van der Waals surface area contributed by atoms with Crippen molar-refractivity contribution in [3.8, 4) is 0 Å². The minimum absolute atomic E-state index is 0.337. The third-order valence-corrected chi connectivity index (χ3v) is 3.73. The van der Waals surface area contributed by atoms with Crippen molar-refractivity contribution in [3.05, 3.63) is 21.3 Å². The van der Waals surface area contributed by atoms with Gasteiger partial charge >= 0.3 is 12.0 Å². The van der Waals surface area contributed by atoms with E-state index in [0.29, 0.717) is 17.3 Å². The molecule has 0 saturated heterocycles. The zero-order valence-electron chi connectivity index (χ0n) is 10.6. The van der Waals surface area contributed by atoms with Crippen molar-refractivity contribution in [2.24, 2.45) is 0 Å². The Bertz CT molecular complexity index is 436. The van der Waals surface area contributed by atoms with Crippen molar-refractivity contribution < 1.29 is 14.7 Å². The van der Waals surface area contributed by atoms with Gasteiger partial charge in [0.15, 0.2) is 0 Å². The summed E-state index contributed by atoms with van der Waals surface area (Å²) in [6, 6.07) is 2.25. The Morgan fingerprint density at radius 1 is 1.47 bits per heavy atom. The van der Waals surface area contributed by atoms with Crippen molar-refractivity contribution in [1.29, 1.82) is 0 Å². The molecule has 7 heteroatoms. The van der Waals surface area contributed by atoms with Crippen LogP contribution in [-0.4, -0.2) is 23.1 Å². The van der Waals surface area contributed by atoms with Crippen LogP contribution in [0.5, 0.6) is 0 Å². The number of hydrogen-bond acceptors (Lipinski definition) is 3. The lowest BCUT2D eigenvalue weighted by atomic mass is 10.1. The van der Waals surface area contributed by atoms with Crippen molar-refractivity contribution in [1.82, 2.24) is 10.6 Å². The molecule has 5 nitrogen and oxygen atoms in total. The minimum Gasteiger partial charge on any atom is -0.480 e. The molecule has 1 aromatic rings. The molecule has 0 aliphatic heterocycles. The summed E-state index contributed by atoms with van der Waals surface area (Å²) in [6.45, 7) is 2.31. The number of rotatable bonds is 7. The van der Waals surface area contributed by atoms with Gasteiger partial charge in [0.2, 0.25) is 0 Å². The number of thiophene rings is 1. The van der Waals surface area contributed by atoms with Gasteiger partial charge in [-0.1, -0.05) is 31.4 Å². The largest absolute Gasteiger partial charge is 0.480 e. The first-order valence-corrected chi connectivity index (χ1v) is 7.23. The number of amides is 2. The third-order valence-electron chi connectivity index (χ3n) is 2.50. The topological polar surface area (TPSA) is 78.4 Å². The molecule has 106 valence electrons. The molecule has 0 saturated carbocycles. The first-order chi connectivity index (χ1) is 9.02. The number of carbonyl (C=O) groups excluding carboxylic acids is 1. The van der Waals surface area contributed by atoms with Gasteiger partial charge in [0, 0.05) is 4.88 Å². The average molecular weight is 305 g/mol. The Balaban J connectivity index is 2.37. The van der Waals surface area contributed by atoms with E-state index in [4.69, 9.17) is 16.7 Å². The van der Waals surface area contributed by atoms with Crippen LogP contribution in [0.2, 0.25) is 4.34 Å². The molecule has 1 rings (SSSR count). The Hall–Kier alpha value is -1.27. The van der Waals surface area contributed by atoms with E-state index in [1.54, 1.807) is 6.07 Å². The zero-order valence-corrected chi connectivity index (χ0v) is 12.2. The number of unbranched alkanes of at least 4 members (excludes halogenated alkanes) is 1. The maximum absolute atomic E-state index is 11.6.